The van der Waals surface area contributed by atoms with Crippen LogP contribution in [-0.2, 0) is 17.8 Å². The monoisotopic (exact) mass is 394 g/mol. The molecule has 1 aromatic carbocycles. The minimum atomic E-state index is -0.904. The fraction of sp³-hybridized carbons (Fsp3) is 0.304. The van der Waals surface area contributed by atoms with E-state index in [-0.39, 0.29) is 0 Å². The van der Waals surface area contributed by atoms with Gasteiger partial charge in [-0.05, 0) is 48.4 Å². The normalized spacial score (nSPS) is 12.1. The van der Waals surface area contributed by atoms with Crippen LogP contribution in [0.1, 0.15) is 54.2 Å². The highest BCUT2D eigenvalue weighted by atomic mass is 32.1. The summed E-state index contributed by atoms with van der Waals surface area (Å²) >= 11 is 1.45. The fourth-order valence-corrected chi connectivity index (χ4v) is 4.20. The molecule has 0 aliphatic heterocycles. The molecule has 28 heavy (non-hydrogen) atoms. The summed E-state index contributed by atoms with van der Waals surface area (Å²) < 4.78 is 2.18. The number of thiophene rings is 1. The molecule has 0 bridgehead atoms. The molecule has 2 heterocycles. The summed E-state index contributed by atoms with van der Waals surface area (Å²) in [5, 5.41) is 11.8. The van der Waals surface area contributed by atoms with Crippen molar-refractivity contribution in [1.29, 1.82) is 0 Å². The number of allylic oxidation sites excluding steroid dienone is 1. The Bertz CT molecular complexity index is 984. The number of unbranched alkanes of at least 4 members (excludes halogenated alkanes) is 1. The summed E-state index contributed by atoms with van der Waals surface area (Å²) in [5.41, 5.74) is 4.42. The number of carbonyl (C=O) groups is 1. The van der Waals surface area contributed by atoms with Crippen LogP contribution in [0.25, 0.3) is 11.1 Å². The predicted octanol–water partition coefficient (Wildman–Crippen LogP) is 5.66. The molecule has 5 heteroatoms. The molecule has 0 spiro atoms. The molecule has 0 saturated carbocycles. The smallest absolute Gasteiger partial charge is 0.337 e. The maximum atomic E-state index is 12.0. The van der Waals surface area contributed by atoms with Crippen molar-refractivity contribution in [3.05, 3.63) is 75.5 Å². The Morgan fingerprint density at radius 2 is 2.00 bits per heavy atom. The number of imidazole rings is 1. The SMILES string of the molecule is CCCCc1ncc(/C(C)=C(\C(=O)O)c2cccs2)n1Cc1ccccc1C. The molecule has 0 atom stereocenters. The highest BCUT2D eigenvalue weighted by Crippen LogP contribution is 2.30. The van der Waals surface area contributed by atoms with E-state index in [0.29, 0.717) is 12.1 Å². The van der Waals surface area contributed by atoms with Crippen molar-refractivity contribution in [1.82, 2.24) is 9.55 Å². The zero-order chi connectivity index (χ0) is 20.1. The summed E-state index contributed by atoms with van der Waals surface area (Å²) in [6.45, 7) is 6.85. The molecule has 3 rings (SSSR count). The van der Waals surface area contributed by atoms with E-state index in [4.69, 9.17) is 0 Å². The van der Waals surface area contributed by atoms with Crippen LogP contribution < -0.4 is 0 Å². The van der Waals surface area contributed by atoms with Gasteiger partial charge in [-0.25, -0.2) is 9.78 Å². The van der Waals surface area contributed by atoms with Gasteiger partial charge in [0.2, 0.25) is 0 Å². The molecular weight excluding hydrogens is 368 g/mol. The zero-order valence-corrected chi connectivity index (χ0v) is 17.4. The Morgan fingerprint density at radius 3 is 2.64 bits per heavy atom. The summed E-state index contributed by atoms with van der Waals surface area (Å²) in [7, 11) is 0. The maximum Gasteiger partial charge on any atom is 0.337 e. The molecule has 0 fully saturated rings. The average Bonchev–Trinajstić information content (AvgIpc) is 3.32. The molecule has 0 unspecified atom stereocenters. The number of nitrogens with zero attached hydrogens (tertiary/aromatic N) is 2. The van der Waals surface area contributed by atoms with Crippen LogP contribution in [0, 0.1) is 6.92 Å². The molecule has 0 aliphatic rings. The Morgan fingerprint density at radius 1 is 1.21 bits per heavy atom. The maximum absolute atomic E-state index is 12.0. The first kappa shape index (κ1) is 20.1. The number of benzene rings is 1. The van der Waals surface area contributed by atoms with E-state index in [1.165, 1.54) is 22.5 Å². The Labute approximate surface area is 170 Å². The summed E-state index contributed by atoms with van der Waals surface area (Å²) in [4.78, 5) is 17.5. The van der Waals surface area contributed by atoms with Gasteiger partial charge in [-0.3, -0.25) is 0 Å². The van der Waals surface area contributed by atoms with Crippen molar-refractivity contribution in [2.45, 2.75) is 46.6 Å². The number of carboxylic acids is 1. The van der Waals surface area contributed by atoms with Crippen molar-refractivity contribution < 1.29 is 9.90 Å². The van der Waals surface area contributed by atoms with E-state index in [1.807, 2.05) is 42.8 Å². The summed E-state index contributed by atoms with van der Waals surface area (Å²) in [6, 6.07) is 12.1. The number of aliphatic carboxylic acids is 1. The second-order valence-corrected chi connectivity index (χ2v) is 7.91. The molecule has 1 N–H and O–H groups in total. The van der Waals surface area contributed by atoms with Crippen LogP contribution in [0.5, 0.6) is 0 Å². The first-order valence-electron chi connectivity index (χ1n) is 9.60. The second-order valence-electron chi connectivity index (χ2n) is 6.96. The third-order valence-electron chi connectivity index (χ3n) is 5.02. The van der Waals surface area contributed by atoms with Gasteiger partial charge in [-0.1, -0.05) is 43.7 Å². The van der Waals surface area contributed by atoms with Gasteiger partial charge >= 0.3 is 5.97 Å². The van der Waals surface area contributed by atoms with Crippen LogP contribution >= 0.6 is 11.3 Å². The number of hydrogen-bond acceptors (Lipinski definition) is 3. The van der Waals surface area contributed by atoms with Crippen LogP contribution in [0.2, 0.25) is 0 Å². The van der Waals surface area contributed by atoms with E-state index < -0.39 is 5.97 Å². The van der Waals surface area contributed by atoms with Gasteiger partial charge < -0.3 is 9.67 Å². The van der Waals surface area contributed by atoms with Crippen molar-refractivity contribution in [3.8, 4) is 0 Å². The number of rotatable bonds is 8. The van der Waals surface area contributed by atoms with Crippen LogP contribution in [-0.4, -0.2) is 20.6 Å². The highest BCUT2D eigenvalue weighted by Gasteiger charge is 2.20. The van der Waals surface area contributed by atoms with Gasteiger partial charge in [0, 0.05) is 17.8 Å². The molecule has 3 aromatic rings. The number of hydrogen-bond donors (Lipinski definition) is 1. The van der Waals surface area contributed by atoms with Crippen molar-refractivity contribution in [2.75, 3.05) is 0 Å². The van der Waals surface area contributed by atoms with E-state index >= 15 is 0 Å². The van der Waals surface area contributed by atoms with Crippen LogP contribution in [0.4, 0.5) is 0 Å². The van der Waals surface area contributed by atoms with Gasteiger partial charge in [-0.15, -0.1) is 11.3 Å². The molecule has 0 saturated heterocycles. The average molecular weight is 395 g/mol. The largest absolute Gasteiger partial charge is 0.478 e. The van der Waals surface area contributed by atoms with Crippen LogP contribution in [0.15, 0.2) is 48.0 Å². The molecular formula is C23H26N2O2S. The van der Waals surface area contributed by atoms with E-state index in [0.717, 1.165) is 41.2 Å². The molecule has 4 nitrogen and oxygen atoms in total. The van der Waals surface area contributed by atoms with Gasteiger partial charge in [0.1, 0.15) is 5.82 Å². The Hall–Kier alpha value is -2.66. The van der Waals surface area contributed by atoms with Gasteiger partial charge in [0.05, 0.1) is 17.5 Å². The quantitative estimate of drug-likeness (QED) is 0.502. The van der Waals surface area contributed by atoms with Crippen molar-refractivity contribution in [2.24, 2.45) is 0 Å². The lowest BCUT2D eigenvalue weighted by atomic mass is 10.0. The van der Waals surface area contributed by atoms with E-state index in [1.54, 1.807) is 0 Å². The number of aryl methyl sites for hydroxylation is 2. The lowest BCUT2D eigenvalue weighted by Crippen LogP contribution is -2.11. The molecule has 2 aromatic heterocycles. The fourth-order valence-electron chi connectivity index (χ4n) is 3.38. The minimum Gasteiger partial charge on any atom is -0.478 e. The molecule has 0 radical (unpaired) electrons. The minimum absolute atomic E-state index is 0.350. The van der Waals surface area contributed by atoms with Crippen molar-refractivity contribution >= 4 is 28.5 Å². The van der Waals surface area contributed by atoms with Crippen molar-refractivity contribution in [3.63, 3.8) is 0 Å². The Balaban J connectivity index is 2.12. The van der Waals surface area contributed by atoms with E-state index in [9.17, 15) is 9.90 Å². The van der Waals surface area contributed by atoms with Gasteiger partial charge in [0.25, 0.3) is 0 Å². The highest BCUT2D eigenvalue weighted by molar-refractivity contribution is 7.11. The van der Waals surface area contributed by atoms with Gasteiger partial charge in [-0.2, -0.15) is 0 Å². The first-order chi connectivity index (χ1) is 13.5. The lowest BCUT2D eigenvalue weighted by Gasteiger charge is -2.15. The first-order valence-corrected chi connectivity index (χ1v) is 10.5. The van der Waals surface area contributed by atoms with E-state index in [2.05, 4.69) is 35.5 Å². The van der Waals surface area contributed by atoms with Crippen LogP contribution in [0.3, 0.4) is 0 Å². The molecule has 0 aliphatic carbocycles. The Kier molecular flexibility index (Phi) is 6.47. The lowest BCUT2D eigenvalue weighted by molar-refractivity contribution is -0.130. The topological polar surface area (TPSA) is 55.1 Å². The van der Waals surface area contributed by atoms with Gasteiger partial charge in [0.15, 0.2) is 0 Å². The third-order valence-corrected chi connectivity index (χ3v) is 5.91. The number of aromatic nitrogens is 2. The molecule has 0 amide bonds. The number of carboxylic acid groups (broad SMARTS) is 1. The zero-order valence-electron chi connectivity index (χ0n) is 16.6. The standard InChI is InChI=1S/C23H26N2O2S/c1-4-5-12-21-24-14-19(25(21)15-18-10-7-6-9-16(18)2)17(3)22(23(26)27)20-11-8-13-28-20/h6-11,13-14H,4-5,12,15H2,1-3H3,(H,26,27)/b22-17-. The predicted molar refractivity (Wildman–Crippen MR) is 116 cm³/mol. The second kappa shape index (κ2) is 9.02. The summed E-state index contributed by atoms with van der Waals surface area (Å²) in [6.07, 6.45) is 4.87. The molecule has 146 valence electrons. The third kappa shape index (κ3) is 4.25. The summed E-state index contributed by atoms with van der Waals surface area (Å²) in [5.74, 6) is 0.106.